The van der Waals surface area contributed by atoms with Crippen molar-refractivity contribution in [1.29, 1.82) is 0 Å². The van der Waals surface area contributed by atoms with Crippen LogP contribution < -0.4 is 0 Å². The van der Waals surface area contributed by atoms with E-state index in [1.807, 2.05) is 30.3 Å². The molecular weight excluding hydrogens is 329 g/mol. The Labute approximate surface area is 114 Å². The predicted octanol–water partition coefficient (Wildman–Crippen LogP) is 3.16. The summed E-state index contributed by atoms with van der Waals surface area (Å²) in [5.41, 5.74) is 1.70. The molecule has 0 saturated heterocycles. The molecule has 0 N–H and O–H groups in total. The minimum Gasteiger partial charge on any atom is -0.472 e. The van der Waals surface area contributed by atoms with Crippen LogP contribution in [0.4, 0.5) is 0 Å². The maximum atomic E-state index is 12.1. The van der Waals surface area contributed by atoms with Crippen molar-refractivity contribution >= 4 is 28.5 Å². The van der Waals surface area contributed by atoms with Crippen LogP contribution in [0.3, 0.4) is 0 Å². The molecule has 0 radical (unpaired) electrons. The third kappa shape index (κ3) is 3.09. The van der Waals surface area contributed by atoms with E-state index in [2.05, 4.69) is 22.6 Å². The largest absolute Gasteiger partial charge is 0.472 e. The van der Waals surface area contributed by atoms with Crippen molar-refractivity contribution < 1.29 is 9.21 Å². The summed E-state index contributed by atoms with van der Waals surface area (Å²) in [5.74, 6) is 0.0183. The van der Waals surface area contributed by atoms with Crippen LogP contribution in [0.2, 0.25) is 0 Å². The first-order valence-electron chi connectivity index (χ1n) is 5.19. The second-order valence-corrected chi connectivity index (χ2v) is 5.05. The molecule has 0 aliphatic rings. The van der Waals surface area contributed by atoms with Crippen molar-refractivity contribution in [3.05, 3.63) is 57.6 Å². The molecule has 0 saturated carbocycles. The Morgan fingerprint density at radius 1 is 1.41 bits per heavy atom. The Bertz CT molecular complexity index is 508. The van der Waals surface area contributed by atoms with Crippen molar-refractivity contribution in [1.82, 2.24) is 4.90 Å². The zero-order valence-electron chi connectivity index (χ0n) is 9.39. The number of nitrogens with zero attached hydrogens (tertiary/aromatic N) is 1. The van der Waals surface area contributed by atoms with Gasteiger partial charge in [-0.15, -0.1) is 0 Å². The second kappa shape index (κ2) is 5.35. The molecule has 0 bridgehead atoms. The molecule has 0 spiro atoms. The fourth-order valence-corrected chi connectivity index (χ4v) is 2.11. The molecule has 4 heteroatoms. The van der Waals surface area contributed by atoms with Crippen LogP contribution in [-0.4, -0.2) is 17.9 Å². The van der Waals surface area contributed by atoms with Gasteiger partial charge in [0, 0.05) is 28.3 Å². The van der Waals surface area contributed by atoms with E-state index in [9.17, 15) is 4.79 Å². The van der Waals surface area contributed by atoms with E-state index in [-0.39, 0.29) is 5.91 Å². The van der Waals surface area contributed by atoms with Crippen LogP contribution in [0.25, 0.3) is 0 Å². The van der Waals surface area contributed by atoms with Gasteiger partial charge in [-0.05, 0) is 46.9 Å². The van der Waals surface area contributed by atoms with Crippen molar-refractivity contribution in [3.8, 4) is 0 Å². The molecule has 0 aliphatic carbocycles. The van der Waals surface area contributed by atoms with Crippen molar-refractivity contribution in [2.24, 2.45) is 0 Å². The van der Waals surface area contributed by atoms with E-state index in [1.165, 1.54) is 0 Å². The van der Waals surface area contributed by atoms with Crippen LogP contribution >= 0.6 is 22.6 Å². The van der Waals surface area contributed by atoms with Crippen molar-refractivity contribution in [2.45, 2.75) is 6.54 Å². The molecule has 2 aromatic rings. The van der Waals surface area contributed by atoms with Gasteiger partial charge in [-0.3, -0.25) is 4.79 Å². The Morgan fingerprint density at radius 3 is 2.88 bits per heavy atom. The summed E-state index contributed by atoms with van der Waals surface area (Å²) < 4.78 is 6.04. The summed E-state index contributed by atoms with van der Waals surface area (Å²) >= 11 is 2.20. The number of furan rings is 1. The first kappa shape index (κ1) is 12.2. The van der Waals surface area contributed by atoms with Crippen LogP contribution in [-0.2, 0) is 6.54 Å². The third-order valence-electron chi connectivity index (χ3n) is 2.42. The van der Waals surface area contributed by atoms with E-state index in [4.69, 9.17) is 4.42 Å². The van der Waals surface area contributed by atoms with Crippen LogP contribution in [0.15, 0.2) is 47.3 Å². The molecular formula is C13H12INO2. The Morgan fingerprint density at radius 2 is 2.24 bits per heavy atom. The fraction of sp³-hybridized carbons (Fsp3) is 0.154. The number of benzene rings is 1. The van der Waals surface area contributed by atoms with Crippen LogP contribution in [0.1, 0.15) is 15.9 Å². The van der Waals surface area contributed by atoms with E-state index in [0.29, 0.717) is 12.1 Å². The molecule has 1 aromatic carbocycles. The van der Waals surface area contributed by atoms with Gasteiger partial charge in [0.1, 0.15) is 0 Å². The number of amides is 1. The van der Waals surface area contributed by atoms with E-state index in [0.717, 1.165) is 9.13 Å². The summed E-state index contributed by atoms with van der Waals surface area (Å²) in [6.45, 7) is 0.556. The van der Waals surface area contributed by atoms with Crippen LogP contribution in [0.5, 0.6) is 0 Å². The SMILES string of the molecule is CN(Cc1ccoc1)C(=O)c1cccc(I)c1. The molecule has 2 rings (SSSR count). The van der Waals surface area contributed by atoms with Gasteiger partial charge >= 0.3 is 0 Å². The number of rotatable bonds is 3. The summed E-state index contributed by atoms with van der Waals surface area (Å²) in [5, 5.41) is 0. The molecule has 1 amide bonds. The number of halogens is 1. The van der Waals surface area contributed by atoms with Gasteiger partial charge in [0.05, 0.1) is 12.5 Å². The number of hydrogen-bond donors (Lipinski definition) is 0. The topological polar surface area (TPSA) is 33.5 Å². The summed E-state index contributed by atoms with van der Waals surface area (Å²) in [4.78, 5) is 13.8. The highest BCUT2D eigenvalue weighted by atomic mass is 127. The molecule has 0 unspecified atom stereocenters. The first-order valence-corrected chi connectivity index (χ1v) is 6.27. The van der Waals surface area contributed by atoms with Gasteiger partial charge in [0.2, 0.25) is 0 Å². The highest BCUT2D eigenvalue weighted by Gasteiger charge is 2.12. The number of carbonyl (C=O) groups is 1. The highest BCUT2D eigenvalue weighted by molar-refractivity contribution is 14.1. The number of carbonyl (C=O) groups excluding carboxylic acids is 1. The second-order valence-electron chi connectivity index (χ2n) is 3.80. The standard InChI is InChI=1S/C13H12INO2/c1-15(8-10-5-6-17-9-10)13(16)11-3-2-4-12(14)7-11/h2-7,9H,8H2,1H3. The fourth-order valence-electron chi connectivity index (χ4n) is 1.57. The summed E-state index contributed by atoms with van der Waals surface area (Å²) in [6, 6.07) is 9.43. The average Bonchev–Trinajstić information content (AvgIpc) is 2.80. The summed E-state index contributed by atoms with van der Waals surface area (Å²) in [6.07, 6.45) is 3.26. The molecule has 1 heterocycles. The number of hydrogen-bond acceptors (Lipinski definition) is 2. The van der Waals surface area contributed by atoms with Gasteiger partial charge in [-0.2, -0.15) is 0 Å². The zero-order valence-corrected chi connectivity index (χ0v) is 11.5. The maximum absolute atomic E-state index is 12.1. The molecule has 0 fully saturated rings. The predicted molar refractivity (Wildman–Crippen MR) is 73.7 cm³/mol. The van der Waals surface area contributed by atoms with Crippen molar-refractivity contribution in [3.63, 3.8) is 0 Å². The highest BCUT2D eigenvalue weighted by Crippen LogP contribution is 2.12. The Kier molecular flexibility index (Phi) is 3.83. The minimum absolute atomic E-state index is 0.0183. The summed E-state index contributed by atoms with van der Waals surface area (Å²) in [7, 11) is 1.79. The normalized spacial score (nSPS) is 10.2. The van der Waals surface area contributed by atoms with Gasteiger partial charge in [-0.25, -0.2) is 0 Å². The first-order chi connectivity index (χ1) is 8.16. The van der Waals surface area contributed by atoms with E-state index >= 15 is 0 Å². The lowest BCUT2D eigenvalue weighted by molar-refractivity contribution is 0.0785. The Hall–Kier alpha value is -1.30. The molecule has 3 nitrogen and oxygen atoms in total. The molecule has 88 valence electrons. The maximum Gasteiger partial charge on any atom is 0.253 e. The Balaban J connectivity index is 2.09. The van der Waals surface area contributed by atoms with E-state index < -0.39 is 0 Å². The van der Waals surface area contributed by atoms with Crippen LogP contribution in [0, 0.1) is 3.57 Å². The van der Waals surface area contributed by atoms with Gasteiger partial charge in [-0.1, -0.05) is 6.07 Å². The smallest absolute Gasteiger partial charge is 0.253 e. The molecule has 0 atom stereocenters. The third-order valence-corrected chi connectivity index (χ3v) is 3.09. The lowest BCUT2D eigenvalue weighted by Crippen LogP contribution is -2.25. The minimum atomic E-state index is 0.0183. The lowest BCUT2D eigenvalue weighted by Gasteiger charge is -2.16. The van der Waals surface area contributed by atoms with Crippen molar-refractivity contribution in [2.75, 3.05) is 7.05 Å². The monoisotopic (exact) mass is 341 g/mol. The molecule has 1 aromatic heterocycles. The lowest BCUT2D eigenvalue weighted by atomic mass is 10.2. The van der Waals surface area contributed by atoms with Gasteiger partial charge in [0.25, 0.3) is 5.91 Å². The van der Waals surface area contributed by atoms with E-state index in [1.54, 1.807) is 24.5 Å². The average molecular weight is 341 g/mol. The molecule has 17 heavy (non-hydrogen) atoms. The zero-order chi connectivity index (χ0) is 12.3. The quantitative estimate of drug-likeness (QED) is 0.804. The molecule has 0 aliphatic heterocycles. The van der Waals surface area contributed by atoms with Gasteiger partial charge < -0.3 is 9.32 Å². The van der Waals surface area contributed by atoms with Gasteiger partial charge in [0.15, 0.2) is 0 Å².